The number of piperazine rings is 1. The van der Waals surface area contributed by atoms with Gasteiger partial charge in [-0.1, -0.05) is 24.3 Å². The summed E-state index contributed by atoms with van der Waals surface area (Å²) in [5, 5.41) is 0. The van der Waals surface area contributed by atoms with Crippen molar-refractivity contribution in [3.8, 4) is 0 Å². The van der Waals surface area contributed by atoms with E-state index in [0.29, 0.717) is 12.1 Å². The SMILES string of the molecule is COC(=O)Cc1ccc(C(=O)CN2CCN(c3ccncc3)CC2)cc1.Cl.Cl. The number of esters is 1. The molecule has 0 bridgehead atoms. The number of methoxy groups -OCH3 is 1. The Labute approximate surface area is 177 Å². The van der Waals surface area contributed by atoms with Crippen LogP contribution in [-0.2, 0) is 16.0 Å². The van der Waals surface area contributed by atoms with Crippen LogP contribution in [-0.4, -0.2) is 61.5 Å². The minimum atomic E-state index is -0.281. The Morgan fingerprint density at radius 2 is 1.57 bits per heavy atom. The molecule has 1 aliphatic heterocycles. The summed E-state index contributed by atoms with van der Waals surface area (Å²) in [6, 6.07) is 11.2. The van der Waals surface area contributed by atoms with Crippen molar-refractivity contribution in [1.29, 1.82) is 0 Å². The van der Waals surface area contributed by atoms with E-state index < -0.39 is 0 Å². The third-order valence-electron chi connectivity index (χ3n) is 4.62. The molecule has 8 heteroatoms. The zero-order chi connectivity index (χ0) is 18.4. The summed E-state index contributed by atoms with van der Waals surface area (Å²) in [6.45, 7) is 3.92. The lowest BCUT2D eigenvalue weighted by atomic mass is 10.1. The summed E-state index contributed by atoms with van der Waals surface area (Å²) in [7, 11) is 1.37. The molecule has 3 rings (SSSR count). The minimum Gasteiger partial charge on any atom is -0.469 e. The van der Waals surface area contributed by atoms with Crippen LogP contribution in [0.3, 0.4) is 0 Å². The number of ether oxygens (including phenoxy) is 1. The number of hydrogen-bond donors (Lipinski definition) is 0. The Kier molecular flexibility index (Phi) is 9.93. The van der Waals surface area contributed by atoms with Crippen LogP contribution >= 0.6 is 24.8 Å². The topological polar surface area (TPSA) is 62.7 Å². The number of pyridine rings is 1. The van der Waals surface area contributed by atoms with Crippen molar-refractivity contribution in [3.05, 3.63) is 59.9 Å². The highest BCUT2D eigenvalue weighted by molar-refractivity contribution is 5.97. The molecule has 0 amide bonds. The van der Waals surface area contributed by atoms with E-state index in [0.717, 1.165) is 31.7 Å². The van der Waals surface area contributed by atoms with E-state index in [1.165, 1.54) is 12.8 Å². The third kappa shape index (κ3) is 6.48. The van der Waals surface area contributed by atoms with Crippen LogP contribution in [0.2, 0.25) is 0 Å². The van der Waals surface area contributed by atoms with Crippen molar-refractivity contribution in [2.75, 3.05) is 44.7 Å². The van der Waals surface area contributed by atoms with Crippen LogP contribution in [0.4, 0.5) is 5.69 Å². The van der Waals surface area contributed by atoms with Crippen molar-refractivity contribution in [2.45, 2.75) is 6.42 Å². The van der Waals surface area contributed by atoms with Gasteiger partial charge in [0.15, 0.2) is 5.78 Å². The number of hydrogen-bond acceptors (Lipinski definition) is 6. The van der Waals surface area contributed by atoms with Gasteiger partial charge in [-0.25, -0.2) is 0 Å². The van der Waals surface area contributed by atoms with Crippen LogP contribution in [0.5, 0.6) is 0 Å². The van der Waals surface area contributed by atoms with E-state index in [-0.39, 0.29) is 43.0 Å². The average molecular weight is 426 g/mol. The second kappa shape index (κ2) is 11.6. The molecule has 152 valence electrons. The summed E-state index contributed by atoms with van der Waals surface area (Å²) in [6.07, 6.45) is 3.83. The molecule has 2 aromatic rings. The van der Waals surface area contributed by atoms with E-state index in [1.54, 1.807) is 24.5 Å². The molecule has 28 heavy (non-hydrogen) atoms. The molecule has 1 fully saturated rings. The van der Waals surface area contributed by atoms with Crippen LogP contribution in [0.25, 0.3) is 0 Å². The average Bonchev–Trinajstić information content (AvgIpc) is 2.69. The van der Waals surface area contributed by atoms with Crippen molar-refractivity contribution >= 4 is 42.3 Å². The number of nitrogens with zero attached hydrogens (tertiary/aromatic N) is 3. The van der Waals surface area contributed by atoms with Crippen LogP contribution in [0, 0.1) is 0 Å². The van der Waals surface area contributed by atoms with Gasteiger partial charge < -0.3 is 9.64 Å². The van der Waals surface area contributed by atoms with E-state index in [4.69, 9.17) is 0 Å². The molecule has 0 saturated carbocycles. The highest BCUT2D eigenvalue weighted by Gasteiger charge is 2.19. The van der Waals surface area contributed by atoms with Gasteiger partial charge in [0.1, 0.15) is 0 Å². The molecule has 0 radical (unpaired) electrons. The van der Waals surface area contributed by atoms with Gasteiger partial charge in [0.2, 0.25) is 0 Å². The molecule has 1 aliphatic rings. The molecule has 1 saturated heterocycles. The van der Waals surface area contributed by atoms with Crippen LogP contribution < -0.4 is 4.90 Å². The lowest BCUT2D eigenvalue weighted by molar-refractivity contribution is -0.139. The van der Waals surface area contributed by atoms with E-state index in [1.807, 2.05) is 24.3 Å². The maximum atomic E-state index is 12.5. The first-order valence-corrected chi connectivity index (χ1v) is 8.72. The molecule has 0 aliphatic carbocycles. The summed E-state index contributed by atoms with van der Waals surface area (Å²) >= 11 is 0. The summed E-state index contributed by atoms with van der Waals surface area (Å²) < 4.78 is 4.65. The first kappa shape index (κ1) is 23.9. The second-order valence-corrected chi connectivity index (χ2v) is 6.34. The van der Waals surface area contributed by atoms with Gasteiger partial charge in [0, 0.05) is 49.8 Å². The largest absolute Gasteiger partial charge is 0.469 e. The monoisotopic (exact) mass is 425 g/mol. The number of aromatic nitrogens is 1. The zero-order valence-electron chi connectivity index (χ0n) is 15.7. The molecule has 0 spiro atoms. The Hall–Kier alpha value is -2.15. The minimum absolute atomic E-state index is 0. The lowest BCUT2D eigenvalue weighted by Gasteiger charge is -2.35. The number of carbonyl (C=O) groups excluding carboxylic acids is 2. The van der Waals surface area contributed by atoms with Crippen LogP contribution in [0.1, 0.15) is 15.9 Å². The zero-order valence-corrected chi connectivity index (χ0v) is 17.4. The predicted molar refractivity (Wildman–Crippen MR) is 114 cm³/mol. The standard InChI is InChI=1S/C20H23N3O3.2ClH/c1-26-20(25)14-16-2-4-17(5-3-16)19(24)15-22-10-12-23(13-11-22)18-6-8-21-9-7-18;;/h2-9H,10-15H2,1H3;2*1H. The second-order valence-electron chi connectivity index (χ2n) is 6.34. The number of rotatable bonds is 6. The summed E-state index contributed by atoms with van der Waals surface area (Å²) in [5.41, 5.74) is 2.70. The van der Waals surface area contributed by atoms with Crippen molar-refractivity contribution in [1.82, 2.24) is 9.88 Å². The molecule has 1 aromatic carbocycles. The normalized spacial score (nSPS) is 13.8. The Morgan fingerprint density at radius 1 is 0.964 bits per heavy atom. The number of ketones is 1. The molecule has 0 atom stereocenters. The fraction of sp³-hybridized carbons (Fsp3) is 0.350. The highest BCUT2D eigenvalue weighted by atomic mass is 35.5. The van der Waals surface area contributed by atoms with Crippen molar-refractivity contribution in [3.63, 3.8) is 0 Å². The third-order valence-corrected chi connectivity index (χ3v) is 4.62. The molecule has 6 nitrogen and oxygen atoms in total. The summed E-state index contributed by atoms with van der Waals surface area (Å²) in [4.78, 5) is 32.3. The Bertz CT molecular complexity index is 749. The molecular formula is C20H25Cl2N3O3. The first-order chi connectivity index (χ1) is 12.7. The first-order valence-electron chi connectivity index (χ1n) is 8.72. The van der Waals surface area contributed by atoms with Crippen molar-refractivity contribution in [2.24, 2.45) is 0 Å². The lowest BCUT2D eigenvalue weighted by Crippen LogP contribution is -2.48. The van der Waals surface area contributed by atoms with Gasteiger partial charge in [-0.15, -0.1) is 24.8 Å². The number of halogens is 2. The van der Waals surface area contributed by atoms with Crippen LogP contribution in [0.15, 0.2) is 48.8 Å². The number of Topliss-reactive ketones (excluding diaryl/α,β-unsaturated/α-hetero) is 1. The molecular weight excluding hydrogens is 401 g/mol. The molecule has 0 unspecified atom stereocenters. The van der Waals surface area contributed by atoms with Gasteiger partial charge in [-0.05, 0) is 17.7 Å². The molecule has 2 heterocycles. The number of anilines is 1. The van der Waals surface area contributed by atoms with Gasteiger partial charge in [-0.3, -0.25) is 19.5 Å². The maximum absolute atomic E-state index is 12.5. The number of carbonyl (C=O) groups is 2. The van der Waals surface area contributed by atoms with E-state index >= 15 is 0 Å². The molecule has 0 N–H and O–H groups in total. The molecule has 1 aromatic heterocycles. The summed E-state index contributed by atoms with van der Waals surface area (Å²) in [5.74, 6) is -0.178. The van der Waals surface area contributed by atoms with Gasteiger partial charge in [-0.2, -0.15) is 0 Å². The van der Waals surface area contributed by atoms with Gasteiger partial charge in [0.25, 0.3) is 0 Å². The number of benzene rings is 1. The predicted octanol–water partition coefficient (Wildman–Crippen LogP) is 2.65. The Morgan fingerprint density at radius 3 is 2.14 bits per heavy atom. The van der Waals surface area contributed by atoms with E-state index in [9.17, 15) is 9.59 Å². The van der Waals surface area contributed by atoms with Crippen molar-refractivity contribution < 1.29 is 14.3 Å². The fourth-order valence-electron chi connectivity index (χ4n) is 3.06. The van der Waals surface area contributed by atoms with Gasteiger partial charge >= 0.3 is 5.97 Å². The maximum Gasteiger partial charge on any atom is 0.309 e. The quantitative estimate of drug-likeness (QED) is 0.523. The fourth-order valence-corrected chi connectivity index (χ4v) is 3.06. The smallest absolute Gasteiger partial charge is 0.309 e. The van der Waals surface area contributed by atoms with E-state index in [2.05, 4.69) is 19.5 Å². The Balaban J connectivity index is 0.00000196. The highest BCUT2D eigenvalue weighted by Crippen LogP contribution is 2.15. The van der Waals surface area contributed by atoms with Gasteiger partial charge in [0.05, 0.1) is 20.1 Å².